The molecule has 1 amide bonds. The summed E-state index contributed by atoms with van der Waals surface area (Å²) in [5, 5.41) is 0.886. The van der Waals surface area contributed by atoms with Gasteiger partial charge in [0.2, 0.25) is 11.0 Å². The molecule has 1 saturated heterocycles. The lowest BCUT2D eigenvalue weighted by atomic mass is 10.1. The average Bonchev–Trinajstić information content (AvgIpc) is 2.97. The Morgan fingerprint density at radius 2 is 2.09 bits per heavy atom. The van der Waals surface area contributed by atoms with Gasteiger partial charge in [-0.1, -0.05) is 12.1 Å². The monoisotopic (exact) mass is 334 g/mol. The Bertz CT molecular complexity index is 688. The van der Waals surface area contributed by atoms with Gasteiger partial charge in [-0.2, -0.15) is 4.37 Å². The summed E-state index contributed by atoms with van der Waals surface area (Å²) in [6.07, 6.45) is 0.597. The number of hydrogen-bond acceptors (Lipinski definition) is 5. The smallest absolute Gasteiger partial charge is 0.219 e. The Balaban J connectivity index is 1.65. The van der Waals surface area contributed by atoms with Crippen LogP contribution in [-0.2, 0) is 11.2 Å². The summed E-state index contributed by atoms with van der Waals surface area (Å²) in [6, 6.07) is 6.58. The molecule has 2 heterocycles. The van der Waals surface area contributed by atoms with Crippen molar-refractivity contribution < 1.29 is 9.18 Å². The summed E-state index contributed by atoms with van der Waals surface area (Å²) >= 11 is 1.38. The summed E-state index contributed by atoms with van der Waals surface area (Å²) in [5.41, 5.74) is 0.991. The van der Waals surface area contributed by atoms with E-state index in [4.69, 9.17) is 0 Å². The lowest BCUT2D eigenvalue weighted by molar-refractivity contribution is -0.131. The molecule has 0 unspecified atom stereocenters. The summed E-state index contributed by atoms with van der Waals surface area (Å²) in [7, 11) is 0. The van der Waals surface area contributed by atoms with Crippen molar-refractivity contribution in [1.82, 2.24) is 14.3 Å². The molecular weight excluding hydrogens is 315 g/mol. The third-order valence-corrected chi connectivity index (χ3v) is 4.85. The number of halogens is 1. The van der Waals surface area contributed by atoms with Crippen LogP contribution in [-0.4, -0.2) is 45.8 Å². The van der Waals surface area contributed by atoms with Crippen LogP contribution in [0.5, 0.6) is 0 Å². The highest BCUT2D eigenvalue weighted by atomic mass is 32.1. The molecule has 0 N–H and O–H groups in total. The van der Waals surface area contributed by atoms with Crippen molar-refractivity contribution in [3.05, 3.63) is 41.5 Å². The largest absolute Gasteiger partial charge is 0.343 e. The molecule has 1 aromatic carbocycles. The minimum absolute atomic E-state index is 0.117. The molecule has 0 radical (unpaired) electrons. The number of nitrogens with zero attached hydrogens (tertiary/aromatic N) is 4. The van der Waals surface area contributed by atoms with Crippen molar-refractivity contribution in [2.75, 3.05) is 24.5 Å². The zero-order valence-corrected chi connectivity index (χ0v) is 14.0. The van der Waals surface area contributed by atoms with Crippen LogP contribution in [0.1, 0.15) is 25.2 Å². The van der Waals surface area contributed by atoms with Crippen LogP contribution in [0.2, 0.25) is 0 Å². The Morgan fingerprint density at radius 1 is 1.35 bits per heavy atom. The quantitative estimate of drug-likeness (QED) is 0.864. The molecule has 1 aromatic heterocycles. The van der Waals surface area contributed by atoms with E-state index >= 15 is 0 Å². The van der Waals surface area contributed by atoms with Crippen molar-refractivity contribution in [3.8, 4) is 0 Å². The molecule has 3 rings (SSSR count). The zero-order valence-electron chi connectivity index (χ0n) is 13.2. The number of aromatic nitrogens is 2. The highest BCUT2D eigenvalue weighted by molar-refractivity contribution is 7.09. The van der Waals surface area contributed by atoms with Gasteiger partial charge in [-0.25, -0.2) is 9.37 Å². The number of carbonyl (C=O) groups excluding carboxylic acids is 1. The maximum absolute atomic E-state index is 12.9. The van der Waals surface area contributed by atoms with Crippen LogP contribution >= 0.6 is 11.5 Å². The standard InChI is InChI=1S/C16H19FN4OS/c1-11-10-20(7-8-21(11)12(2)22)16-18-15(19-23-16)9-13-3-5-14(17)6-4-13/h3-6,11H,7-10H2,1-2H3/t11-/m0/s1. The molecule has 1 aliphatic heterocycles. The average molecular weight is 334 g/mol. The lowest BCUT2D eigenvalue weighted by Crippen LogP contribution is -2.53. The molecule has 1 aliphatic rings. The Labute approximate surface area is 138 Å². The predicted octanol–water partition coefficient (Wildman–Crippen LogP) is 2.33. The van der Waals surface area contributed by atoms with Gasteiger partial charge in [0, 0.05) is 50.6 Å². The number of carbonyl (C=O) groups is 1. The molecule has 0 spiro atoms. The number of rotatable bonds is 3. The summed E-state index contributed by atoms with van der Waals surface area (Å²) in [6.45, 7) is 5.91. The first-order valence-electron chi connectivity index (χ1n) is 7.62. The van der Waals surface area contributed by atoms with Gasteiger partial charge in [0.05, 0.1) is 0 Å². The zero-order chi connectivity index (χ0) is 16.4. The van der Waals surface area contributed by atoms with Crippen LogP contribution in [0, 0.1) is 5.82 Å². The van der Waals surface area contributed by atoms with E-state index in [0.29, 0.717) is 13.0 Å². The van der Waals surface area contributed by atoms with Gasteiger partial charge in [0.25, 0.3) is 0 Å². The van der Waals surface area contributed by atoms with E-state index in [-0.39, 0.29) is 17.8 Å². The van der Waals surface area contributed by atoms with Crippen molar-refractivity contribution in [2.45, 2.75) is 26.3 Å². The normalized spacial score (nSPS) is 18.3. The first-order chi connectivity index (χ1) is 11.0. The minimum atomic E-state index is -0.238. The van der Waals surface area contributed by atoms with Gasteiger partial charge >= 0.3 is 0 Å². The van der Waals surface area contributed by atoms with Gasteiger partial charge < -0.3 is 9.80 Å². The van der Waals surface area contributed by atoms with Gasteiger partial charge in [-0.05, 0) is 24.6 Å². The van der Waals surface area contributed by atoms with Gasteiger partial charge in [0.1, 0.15) is 11.6 Å². The number of hydrogen-bond donors (Lipinski definition) is 0. The Kier molecular flexibility index (Phi) is 4.56. The van der Waals surface area contributed by atoms with Crippen LogP contribution in [0.25, 0.3) is 0 Å². The molecular formula is C16H19FN4OS. The highest BCUT2D eigenvalue weighted by Crippen LogP contribution is 2.22. The van der Waals surface area contributed by atoms with Crippen LogP contribution in [0.4, 0.5) is 9.52 Å². The lowest BCUT2D eigenvalue weighted by Gasteiger charge is -2.39. The van der Waals surface area contributed by atoms with Gasteiger partial charge in [-0.3, -0.25) is 4.79 Å². The van der Waals surface area contributed by atoms with E-state index in [9.17, 15) is 9.18 Å². The molecule has 7 heteroatoms. The summed E-state index contributed by atoms with van der Waals surface area (Å²) in [5.74, 6) is 0.627. The van der Waals surface area contributed by atoms with Crippen molar-refractivity contribution in [2.24, 2.45) is 0 Å². The number of anilines is 1. The molecule has 0 saturated carbocycles. The van der Waals surface area contributed by atoms with E-state index in [0.717, 1.165) is 29.6 Å². The topological polar surface area (TPSA) is 49.3 Å². The Morgan fingerprint density at radius 3 is 2.74 bits per heavy atom. The van der Waals surface area contributed by atoms with Crippen molar-refractivity contribution in [1.29, 1.82) is 0 Å². The second-order valence-corrected chi connectivity index (χ2v) is 6.53. The van der Waals surface area contributed by atoms with Crippen molar-refractivity contribution >= 4 is 22.6 Å². The van der Waals surface area contributed by atoms with Crippen LogP contribution < -0.4 is 4.90 Å². The molecule has 23 heavy (non-hydrogen) atoms. The number of benzene rings is 1. The third-order valence-electron chi connectivity index (χ3n) is 4.04. The predicted molar refractivity (Wildman–Crippen MR) is 88.2 cm³/mol. The molecule has 2 aromatic rings. The molecule has 5 nitrogen and oxygen atoms in total. The molecule has 1 atom stereocenters. The van der Waals surface area contributed by atoms with E-state index in [1.807, 2.05) is 11.8 Å². The molecule has 0 bridgehead atoms. The summed E-state index contributed by atoms with van der Waals surface area (Å²) in [4.78, 5) is 20.2. The molecule has 122 valence electrons. The SMILES string of the molecule is CC(=O)N1CCN(c2nc(Cc3ccc(F)cc3)ns2)C[C@@H]1C. The fourth-order valence-electron chi connectivity index (χ4n) is 2.83. The Hall–Kier alpha value is -2.02. The number of amides is 1. The maximum atomic E-state index is 12.9. The van der Waals surface area contributed by atoms with E-state index in [1.54, 1.807) is 19.1 Å². The molecule has 0 aliphatic carbocycles. The number of piperazine rings is 1. The minimum Gasteiger partial charge on any atom is -0.343 e. The first kappa shape index (κ1) is 15.9. The van der Waals surface area contributed by atoms with E-state index in [1.165, 1.54) is 23.7 Å². The van der Waals surface area contributed by atoms with Crippen LogP contribution in [0.15, 0.2) is 24.3 Å². The summed E-state index contributed by atoms with van der Waals surface area (Å²) < 4.78 is 17.3. The second-order valence-electron chi connectivity index (χ2n) is 5.80. The van der Waals surface area contributed by atoms with Crippen LogP contribution in [0.3, 0.4) is 0 Å². The third kappa shape index (κ3) is 3.67. The van der Waals surface area contributed by atoms with Gasteiger partial charge in [0.15, 0.2) is 0 Å². The second kappa shape index (κ2) is 6.62. The fourth-order valence-corrected chi connectivity index (χ4v) is 3.55. The van der Waals surface area contributed by atoms with E-state index in [2.05, 4.69) is 14.3 Å². The molecule has 1 fully saturated rings. The highest BCUT2D eigenvalue weighted by Gasteiger charge is 2.27. The fraction of sp³-hybridized carbons (Fsp3) is 0.438. The van der Waals surface area contributed by atoms with Crippen molar-refractivity contribution in [3.63, 3.8) is 0 Å². The maximum Gasteiger partial charge on any atom is 0.219 e. The first-order valence-corrected chi connectivity index (χ1v) is 8.39. The van der Waals surface area contributed by atoms with Gasteiger partial charge in [-0.15, -0.1) is 0 Å². The van der Waals surface area contributed by atoms with E-state index < -0.39 is 0 Å².